The highest BCUT2D eigenvalue weighted by Crippen LogP contribution is 2.22. The zero-order chi connectivity index (χ0) is 18.5. The second-order valence-electron chi connectivity index (χ2n) is 5.53. The normalized spacial score (nSPS) is 12.2. The van der Waals surface area contributed by atoms with Gasteiger partial charge in [0.05, 0.1) is 17.3 Å². The predicted octanol–water partition coefficient (Wildman–Crippen LogP) is 4.13. The number of rotatable bonds is 6. The molecule has 0 aliphatic carbocycles. The summed E-state index contributed by atoms with van der Waals surface area (Å²) < 4.78 is 11.3. The summed E-state index contributed by atoms with van der Waals surface area (Å²) in [4.78, 5) is 28.7. The average Bonchev–Trinajstić information content (AvgIpc) is 3.09. The summed E-state index contributed by atoms with van der Waals surface area (Å²) >= 11 is 1.48. The van der Waals surface area contributed by atoms with E-state index in [1.807, 2.05) is 24.3 Å². The number of Topliss-reactive ketones (excluding diaryl/α,β-unsaturated/α-hetero) is 1. The zero-order valence-electron chi connectivity index (χ0n) is 14.3. The Kier molecular flexibility index (Phi) is 5.43. The van der Waals surface area contributed by atoms with Crippen LogP contribution in [-0.4, -0.2) is 30.0 Å². The number of hydrogen-bond donors (Lipinski definition) is 0. The summed E-state index contributed by atoms with van der Waals surface area (Å²) in [6.45, 7) is 1.55. The van der Waals surface area contributed by atoms with Crippen LogP contribution in [0.2, 0.25) is 0 Å². The van der Waals surface area contributed by atoms with Gasteiger partial charge in [-0.25, -0.2) is 9.78 Å². The Morgan fingerprint density at radius 1 is 1.12 bits per heavy atom. The largest absolute Gasteiger partial charge is 0.497 e. The van der Waals surface area contributed by atoms with E-state index in [1.54, 1.807) is 44.4 Å². The van der Waals surface area contributed by atoms with Crippen molar-refractivity contribution in [1.29, 1.82) is 0 Å². The monoisotopic (exact) mass is 367 g/mol. The molecule has 0 unspecified atom stereocenters. The molecule has 26 heavy (non-hydrogen) atoms. The van der Waals surface area contributed by atoms with Gasteiger partial charge in [-0.3, -0.25) is 4.79 Å². The van der Waals surface area contributed by atoms with Gasteiger partial charge in [0.1, 0.15) is 10.8 Å². The maximum atomic E-state index is 12.3. The molecule has 1 aromatic heterocycles. The van der Waals surface area contributed by atoms with Crippen LogP contribution in [0.5, 0.6) is 5.75 Å². The van der Waals surface area contributed by atoms with E-state index in [9.17, 15) is 9.59 Å². The first-order valence-corrected chi connectivity index (χ1v) is 8.81. The number of para-hydroxylation sites is 1. The molecule has 0 radical (unpaired) electrons. The molecule has 5 nitrogen and oxygen atoms in total. The number of hydrogen-bond acceptors (Lipinski definition) is 6. The number of thiazole rings is 1. The number of esters is 1. The minimum absolute atomic E-state index is 0.269. The summed E-state index contributed by atoms with van der Waals surface area (Å²) in [6.07, 6.45) is 2.00. The molecule has 0 bridgehead atoms. The third-order valence-corrected chi connectivity index (χ3v) is 4.71. The molecule has 2 aromatic carbocycles. The van der Waals surface area contributed by atoms with Crippen LogP contribution >= 0.6 is 11.3 Å². The molecule has 1 heterocycles. The maximum Gasteiger partial charge on any atom is 0.331 e. The van der Waals surface area contributed by atoms with Crippen molar-refractivity contribution in [2.45, 2.75) is 13.0 Å². The second-order valence-corrected chi connectivity index (χ2v) is 6.59. The summed E-state index contributed by atoms with van der Waals surface area (Å²) in [6, 6.07) is 14.4. The van der Waals surface area contributed by atoms with Crippen molar-refractivity contribution in [2.75, 3.05) is 7.11 Å². The van der Waals surface area contributed by atoms with Gasteiger partial charge < -0.3 is 9.47 Å². The highest BCUT2D eigenvalue weighted by atomic mass is 32.1. The highest BCUT2D eigenvalue weighted by Gasteiger charge is 2.18. The first kappa shape index (κ1) is 17.8. The molecular formula is C20H17NO4S. The van der Waals surface area contributed by atoms with Crippen molar-refractivity contribution in [3.63, 3.8) is 0 Å². The van der Waals surface area contributed by atoms with Crippen molar-refractivity contribution in [1.82, 2.24) is 4.98 Å². The Bertz CT molecular complexity index is 926. The number of benzene rings is 2. The minimum atomic E-state index is -0.879. The van der Waals surface area contributed by atoms with E-state index < -0.39 is 12.1 Å². The van der Waals surface area contributed by atoms with E-state index in [2.05, 4.69) is 4.98 Å². The van der Waals surface area contributed by atoms with Crippen LogP contribution in [0, 0.1) is 0 Å². The second kappa shape index (κ2) is 7.93. The molecule has 132 valence electrons. The Hall–Kier alpha value is -2.99. The lowest BCUT2D eigenvalue weighted by atomic mass is 10.1. The molecule has 1 atom stereocenters. The van der Waals surface area contributed by atoms with E-state index in [1.165, 1.54) is 17.4 Å². The summed E-state index contributed by atoms with van der Waals surface area (Å²) in [5, 5.41) is 0.706. The third kappa shape index (κ3) is 4.15. The van der Waals surface area contributed by atoms with E-state index in [0.717, 1.165) is 10.2 Å². The molecule has 0 saturated heterocycles. The van der Waals surface area contributed by atoms with Crippen LogP contribution in [-0.2, 0) is 9.53 Å². The number of ketones is 1. The number of ether oxygens (including phenoxy) is 2. The fourth-order valence-electron chi connectivity index (χ4n) is 2.36. The van der Waals surface area contributed by atoms with Crippen LogP contribution in [0.3, 0.4) is 0 Å². The molecule has 3 rings (SSSR count). The van der Waals surface area contributed by atoms with Gasteiger partial charge in [-0.05, 0) is 49.4 Å². The lowest BCUT2D eigenvalue weighted by molar-refractivity contribution is -0.140. The van der Waals surface area contributed by atoms with Crippen molar-refractivity contribution < 1.29 is 19.1 Å². The molecule has 6 heteroatoms. The van der Waals surface area contributed by atoms with Gasteiger partial charge in [0.2, 0.25) is 5.78 Å². The molecule has 0 saturated carbocycles. The lowest BCUT2D eigenvalue weighted by Gasteiger charge is -2.11. The zero-order valence-corrected chi connectivity index (χ0v) is 15.2. The van der Waals surface area contributed by atoms with Crippen molar-refractivity contribution in [3.8, 4) is 5.75 Å². The van der Waals surface area contributed by atoms with E-state index in [0.29, 0.717) is 16.3 Å². The first-order valence-electron chi connectivity index (χ1n) is 7.99. The third-order valence-electron chi connectivity index (χ3n) is 3.71. The van der Waals surface area contributed by atoms with E-state index >= 15 is 0 Å². The number of carbonyl (C=O) groups excluding carboxylic acids is 2. The smallest absolute Gasteiger partial charge is 0.331 e. The van der Waals surface area contributed by atoms with Crippen LogP contribution < -0.4 is 4.74 Å². The van der Waals surface area contributed by atoms with Crippen molar-refractivity contribution >= 4 is 39.4 Å². The highest BCUT2D eigenvalue weighted by molar-refractivity contribution is 7.19. The van der Waals surface area contributed by atoms with Crippen molar-refractivity contribution in [2.24, 2.45) is 0 Å². The summed E-state index contributed by atoms with van der Waals surface area (Å²) in [7, 11) is 1.55. The summed E-state index contributed by atoms with van der Waals surface area (Å²) in [5.41, 5.74) is 1.34. The van der Waals surface area contributed by atoms with Crippen LogP contribution in [0.25, 0.3) is 16.3 Å². The molecule has 0 aliphatic heterocycles. The number of carbonyl (C=O) groups is 2. The van der Waals surface area contributed by atoms with Gasteiger partial charge in [-0.1, -0.05) is 12.1 Å². The number of aromatic nitrogens is 1. The van der Waals surface area contributed by atoms with E-state index in [4.69, 9.17) is 9.47 Å². The number of nitrogens with zero attached hydrogens (tertiary/aromatic N) is 1. The molecule has 0 N–H and O–H groups in total. The van der Waals surface area contributed by atoms with Crippen LogP contribution in [0.15, 0.2) is 54.6 Å². The minimum Gasteiger partial charge on any atom is -0.497 e. The molecule has 0 fully saturated rings. The maximum absolute atomic E-state index is 12.3. The summed E-state index contributed by atoms with van der Waals surface area (Å²) in [5.74, 6) is -0.196. The van der Waals surface area contributed by atoms with E-state index in [-0.39, 0.29) is 5.78 Å². The Morgan fingerprint density at radius 3 is 2.54 bits per heavy atom. The quantitative estimate of drug-likeness (QED) is 0.372. The fraction of sp³-hybridized carbons (Fsp3) is 0.150. The Labute approximate surface area is 154 Å². The Morgan fingerprint density at radius 2 is 1.85 bits per heavy atom. The lowest BCUT2D eigenvalue weighted by Crippen LogP contribution is -2.23. The average molecular weight is 367 g/mol. The van der Waals surface area contributed by atoms with Gasteiger partial charge in [-0.15, -0.1) is 11.3 Å². The van der Waals surface area contributed by atoms with Gasteiger partial charge in [-0.2, -0.15) is 0 Å². The topological polar surface area (TPSA) is 65.5 Å². The van der Waals surface area contributed by atoms with Gasteiger partial charge in [0.25, 0.3) is 0 Å². The van der Waals surface area contributed by atoms with Gasteiger partial charge >= 0.3 is 5.97 Å². The first-order chi connectivity index (χ1) is 12.6. The standard InChI is InChI=1S/C20H17NO4S/c1-13(20(23)14-7-9-15(24-2)10-8-14)25-19(22)12-11-18-21-16-5-3-4-6-17(16)26-18/h3-13H,1-2H3/b12-11+/t13-/m0/s1. The fourth-order valence-corrected chi connectivity index (χ4v) is 3.23. The number of fused-ring (bicyclic) bond motifs is 1. The number of methoxy groups -OCH3 is 1. The van der Waals surface area contributed by atoms with Crippen LogP contribution in [0.1, 0.15) is 22.3 Å². The molecule has 3 aromatic rings. The molecule has 0 aliphatic rings. The van der Waals surface area contributed by atoms with Crippen molar-refractivity contribution in [3.05, 3.63) is 65.2 Å². The predicted molar refractivity (Wildman–Crippen MR) is 102 cm³/mol. The molecular weight excluding hydrogens is 350 g/mol. The SMILES string of the molecule is COc1ccc(C(=O)[C@H](C)OC(=O)/C=C/c2nc3ccccc3s2)cc1. The molecule has 0 amide bonds. The van der Waals surface area contributed by atoms with Crippen LogP contribution in [0.4, 0.5) is 0 Å². The van der Waals surface area contributed by atoms with Gasteiger partial charge in [0.15, 0.2) is 6.10 Å². The molecule has 0 spiro atoms. The van der Waals surface area contributed by atoms with Gasteiger partial charge in [0, 0.05) is 11.6 Å². The Balaban J connectivity index is 1.61.